The summed E-state index contributed by atoms with van der Waals surface area (Å²) in [6.45, 7) is 1.46. The van der Waals surface area contributed by atoms with Gasteiger partial charge in [-0.05, 0) is 5.56 Å². The summed E-state index contributed by atoms with van der Waals surface area (Å²) >= 11 is 0. The van der Waals surface area contributed by atoms with E-state index in [9.17, 15) is 19.7 Å². The van der Waals surface area contributed by atoms with Crippen LogP contribution in [0.25, 0.3) is 0 Å². The molecule has 0 aliphatic rings. The fourth-order valence-corrected chi connectivity index (χ4v) is 1.62. The lowest BCUT2D eigenvalue weighted by atomic mass is 10.00. The Labute approximate surface area is 110 Å². The molecule has 1 unspecified atom stereocenters. The number of rotatable bonds is 7. The molecule has 0 bridgehead atoms. The van der Waals surface area contributed by atoms with Gasteiger partial charge in [0.1, 0.15) is 12.9 Å². The van der Waals surface area contributed by atoms with E-state index < -0.39 is 22.9 Å². The average Bonchev–Trinajstić information content (AvgIpc) is 2.37. The van der Waals surface area contributed by atoms with E-state index >= 15 is 0 Å². The van der Waals surface area contributed by atoms with Gasteiger partial charge in [-0.3, -0.25) is 10.1 Å². The number of carbonyl (C=O) groups is 2. The molecule has 0 aliphatic carbocycles. The van der Waals surface area contributed by atoms with Crippen LogP contribution < -0.4 is 0 Å². The summed E-state index contributed by atoms with van der Waals surface area (Å²) in [4.78, 5) is 32.2. The monoisotopic (exact) mass is 265 g/mol. The minimum absolute atomic E-state index is 0.0160. The lowest BCUT2D eigenvalue weighted by molar-refractivity contribution is -0.518. The zero-order valence-electron chi connectivity index (χ0n) is 10.5. The molecule has 0 aromatic heterocycles. The smallest absolute Gasteiger partial charge is 0.382 e. The van der Waals surface area contributed by atoms with Crippen molar-refractivity contribution >= 4 is 12.3 Å². The Morgan fingerprint density at radius 1 is 1.42 bits per heavy atom. The van der Waals surface area contributed by atoms with E-state index in [-0.39, 0.29) is 13.0 Å². The molecule has 0 heterocycles. The van der Waals surface area contributed by atoms with Crippen LogP contribution in [0.4, 0.5) is 0 Å². The van der Waals surface area contributed by atoms with E-state index in [0.29, 0.717) is 6.29 Å². The van der Waals surface area contributed by atoms with Crippen LogP contribution in [0.15, 0.2) is 30.3 Å². The topological polar surface area (TPSA) is 86.5 Å². The van der Waals surface area contributed by atoms with E-state index in [1.165, 1.54) is 6.92 Å². The van der Waals surface area contributed by atoms with E-state index in [1.807, 2.05) is 6.07 Å². The van der Waals surface area contributed by atoms with Crippen molar-refractivity contribution in [1.29, 1.82) is 0 Å². The Morgan fingerprint density at radius 2 is 2.05 bits per heavy atom. The Hall–Kier alpha value is -2.24. The molecular weight excluding hydrogens is 250 g/mol. The van der Waals surface area contributed by atoms with Crippen molar-refractivity contribution in [3.8, 4) is 0 Å². The van der Waals surface area contributed by atoms with Crippen LogP contribution in [0, 0.1) is 16.0 Å². The van der Waals surface area contributed by atoms with Crippen LogP contribution >= 0.6 is 0 Å². The second-order valence-corrected chi connectivity index (χ2v) is 4.20. The third kappa shape index (κ3) is 4.50. The maximum atomic E-state index is 11.7. The van der Waals surface area contributed by atoms with Gasteiger partial charge in [-0.1, -0.05) is 37.3 Å². The minimum atomic E-state index is -1.51. The highest BCUT2D eigenvalue weighted by molar-refractivity contribution is 5.75. The van der Waals surface area contributed by atoms with Gasteiger partial charge in [-0.15, -0.1) is 0 Å². The van der Waals surface area contributed by atoms with Crippen molar-refractivity contribution in [2.75, 3.05) is 0 Å². The normalized spacial score (nSPS) is 13.3. The van der Waals surface area contributed by atoms with Crippen LogP contribution in [0.2, 0.25) is 0 Å². The predicted octanol–water partition coefficient (Wildman–Crippen LogP) is 1.60. The first-order chi connectivity index (χ1) is 9.06. The summed E-state index contributed by atoms with van der Waals surface area (Å²) in [5.41, 5.74) is 0.751. The molecule has 1 aromatic rings. The van der Waals surface area contributed by atoms with Crippen molar-refractivity contribution in [1.82, 2.24) is 0 Å². The maximum Gasteiger partial charge on any atom is 0.382 e. The first kappa shape index (κ1) is 14.8. The molecule has 1 aromatic carbocycles. The highest BCUT2D eigenvalue weighted by atomic mass is 16.6. The Morgan fingerprint density at radius 3 is 2.58 bits per heavy atom. The third-order valence-corrected chi connectivity index (χ3v) is 2.70. The number of aldehydes is 1. The van der Waals surface area contributed by atoms with Gasteiger partial charge in [0, 0.05) is 17.3 Å². The lowest BCUT2D eigenvalue weighted by Gasteiger charge is -2.13. The van der Waals surface area contributed by atoms with Crippen molar-refractivity contribution in [3.63, 3.8) is 0 Å². The van der Waals surface area contributed by atoms with Crippen LogP contribution in [0.3, 0.4) is 0 Å². The molecule has 6 nitrogen and oxygen atoms in total. The van der Waals surface area contributed by atoms with Crippen molar-refractivity contribution < 1.29 is 19.2 Å². The van der Waals surface area contributed by atoms with Gasteiger partial charge in [0.15, 0.2) is 0 Å². The van der Waals surface area contributed by atoms with Crippen molar-refractivity contribution in [2.24, 2.45) is 5.92 Å². The third-order valence-electron chi connectivity index (χ3n) is 2.70. The zero-order chi connectivity index (χ0) is 14.3. The lowest BCUT2D eigenvalue weighted by Crippen LogP contribution is -2.37. The largest absolute Gasteiger partial charge is 0.456 e. The standard InChI is InChI=1S/C13H15NO5/c1-10(7-8-15)12(14(17)18)13(16)19-9-11-5-3-2-4-6-11/h2-6,8,10,12H,7,9H2,1H3/t10-,12?/m1/s1. The number of nitrogens with zero attached hydrogens (tertiary/aromatic N) is 1. The SMILES string of the molecule is C[C@H](CC=O)C(C(=O)OCc1ccccc1)[N+](=O)[O-]. The summed E-state index contributed by atoms with van der Waals surface area (Å²) in [6, 6.07) is 7.38. The second-order valence-electron chi connectivity index (χ2n) is 4.20. The Kier molecular flexibility index (Phi) is 5.66. The molecule has 1 rings (SSSR count). The van der Waals surface area contributed by atoms with Gasteiger partial charge in [0.2, 0.25) is 0 Å². The minimum Gasteiger partial charge on any atom is -0.456 e. The van der Waals surface area contributed by atoms with E-state index in [0.717, 1.165) is 5.56 Å². The molecule has 6 heteroatoms. The van der Waals surface area contributed by atoms with Gasteiger partial charge in [0.25, 0.3) is 0 Å². The molecule has 0 aliphatic heterocycles. The number of carbonyl (C=O) groups excluding carboxylic acids is 2. The first-order valence-electron chi connectivity index (χ1n) is 5.84. The van der Waals surface area contributed by atoms with Crippen LogP contribution in [0.5, 0.6) is 0 Å². The predicted molar refractivity (Wildman–Crippen MR) is 66.9 cm³/mol. The molecule has 19 heavy (non-hydrogen) atoms. The summed E-state index contributed by atoms with van der Waals surface area (Å²) < 4.78 is 4.92. The maximum absolute atomic E-state index is 11.7. The molecule has 0 radical (unpaired) electrons. The van der Waals surface area contributed by atoms with Gasteiger partial charge < -0.3 is 9.53 Å². The summed E-state index contributed by atoms with van der Waals surface area (Å²) in [7, 11) is 0. The molecule has 0 N–H and O–H groups in total. The molecule has 0 spiro atoms. The van der Waals surface area contributed by atoms with Gasteiger partial charge >= 0.3 is 12.0 Å². The number of hydrogen-bond donors (Lipinski definition) is 0. The van der Waals surface area contributed by atoms with E-state index in [4.69, 9.17) is 4.74 Å². The molecule has 0 saturated carbocycles. The molecule has 0 saturated heterocycles. The Bertz CT molecular complexity index is 446. The highest BCUT2D eigenvalue weighted by Gasteiger charge is 2.37. The average molecular weight is 265 g/mol. The number of benzene rings is 1. The quantitative estimate of drug-likeness (QED) is 0.323. The van der Waals surface area contributed by atoms with Crippen LogP contribution in [0.1, 0.15) is 18.9 Å². The van der Waals surface area contributed by atoms with Gasteiger partial charge in [-0.25, -0.2) is 4.79 Å². The highest BCUT2D eigenvalue weighted by Crippen LogP contribution is 2.13. The zero-order valence-corrected chi connectivity index (χ0v) is 10.5. The second kappa shape index (κ2) is 7.25. The van der Waals surface area contributed by atoms with Gasteiger partial charge in [0.05, 0.1) is 0 Å². The number of esters is 1. The van der Waals surface area contributed by atoms with Crippen LogP contribution in [-0.4, -0.2) is 23.2 Å². The summed E-state index contributed by atoms with van der Waals surface area (Å²) in [5.74, 6) is -1.60. The van der Waals surface area contributed by atoms with E-state index in [2.05, 4.69) is 0 Å². The van der Waals surface area contributed by atoms with E-state index in [1.54, 1.807) is 24.3 Å². The summed E-state index contributed by atoms with van der Waals surface area (Å²) in [5, 5.41) is 10.9. The number of hydrogen-bond acceptors (Lipinski definition) is 5. The molecule has 2 atom stereocenters. The number of ether oxygens (including phenoxy) is 1. The van der Waals surface area contributed by atoms with Crippen molar-refractivity contribution in [3.05, 3.63) is 46.0 Å². The van der Waals surface area contributed by atoms with Gasteiger partial charge in [-0.2, -0.15) is 0 Å². The van der Waals surface area contributed by atoms with Crippen molar-refractivity contribution in [2.45, 2.75) is 26.0 Å². The molecular formula is C13H15NO5. The summed E-state index contributed by atoms with van der Waals surface area (Å²) in [6.07, 6.45) is 0.512. The number of nitro groups is 1. The Balaban J connectivity index is 2.62. The molecule has 102 valence electrons. The fraction of sp³-hybridized carbons (Fsp3) is 0.385. The first-order valence-corrected chi connectivity index (χ1v) is 5.84. The fourth-order valence-electron chi connectivity index (χ4n) is 1.62. The molecule has 0 fully saturated rings. The molecule has 0 amide bonds. The van der Waals surface area contributed by atoms with Crippen LogP contribution in [-0.2, 0) is 20.9 Å².